The molecule has 0 fully saturated rings. The third-order valence-electron chi connectivity index (χ3n) is 4.43. The van der Waals surface area contributed by atoms with Gasteiger partial charge in [0.05, 0.1) is 25.0 Å². The minimum atomic E-state index is -3.56. The Kier molecular flexibility index (Phi) is 4.93. The summed E-state index contributed by atoms with van der Waals surface area (Å²) in [7, 11) is -3.56. The van der Waals surface area contributed by atoms with Gasteiger partial charge in [-0.3, -0.25) is 9.10 Å². The number of nitrogens with one attached hydrogen (secondary N) is 1. The number of rotatable bonds is 5. The topological polar surface area (TPSA) is 106 Å². The molecule has 1 amide bonds. The second-order valence-electron chi connectivity index (χ2n) is 6.65. The predicted molar refractivity (Wildman–Crippen MR) is 107 cm³/mol. The second-order valence-corrected chi connectivity index (χ2v) is 8.56. The van der Waals surface area contributed by atoms with Gasteiger partial charge in [-0.15, -0.1) is 0 Å². The van der Waals surface area contributed by atoms with Crippen molar-refractivity contribution in [2.45, 2.75) is 12.6 Å². The van der Waals surface area contributed by atoms with Gasteiger partial charge in [-0.1, -0.05) is 24.3 Å². The highest BCUT2D eigenvalue weighted by atomic mass is 32.2. The number of ether oxygens (including phenoxy) is 1. The first-order valence-corrected chi connectivity index (χ1v) is 10.7. The smallest absolute Gasteiger partial charge is 0.267 e. The molecule has 2 heterocycles. The highest BCUT2D eigenvalue weighted by Gasteiger charge is 2.34. The van der Waals surface area contributed by atoms with Gasteiger partial charge in [0.2, 0.25) is 10.0 Å². The van der Waals surface area contributed by atoms with Crippen molar-refractivity contribution < 1.29 is 17.9 Å². The van der Waals surface area contributed by atoms with Crippen LogP contribution in [0.1, 0.15) is 5.56 Å². The third kappa shape index (κ3) is 4.21. The molecule has 29 heavy (non-hydrogen) atoms. The van der Waals surface area contributed by atoms with Crippen LogP contribution in [0.5, 0.6) is 5.75 Å². The van der Waals surface area contributed by atoms with Crippen molar-refractivity contribution in [2.75, 3.05) is 22.4 Å². The van der Waals surface area contributed by atoms with E-state index in [-0.39, 0.29) is 6.54 Å². The zero-order chi connectivity index (χ0) is 20.4. The number of para-hydroxylation sites is 2. The summed E-state index contributed by atoms with van der Waals surface area (Å²) < 4.78 is 33.0. The third-order valence-corrected chi connectivity index (χ3v) is 5.58. The van der Waals surface area contributed by atoms with Crippen LogP contribution in [-0.4, -0.2) is 48.0 Å². The van der Waals surface area contributed by atoms with Gasteiger partial charge in [0.15, 0.2) is 6.10 Å². The molecule has 0 saturated carbocycles. The maximum Gasteiger partial charge on any atom is 0.267 e. The van der Waals surface area contributed by atoms with E-state index in [1.807, 2.05) is 18.2 Å². The number of hydrogen-bond donors (Lipinski definition) is 1. The Morgan fingerprint density at radius 1 is 1.24 bits per heavy atom. The fraction of sp³-hybridized carbons (Fsp3) is 0.211. The van der Waals surface area contributed by atoms with Crippen molar-refractivity contribution in [2.24, 2.45) is 0 Å². The number of anilines is 2. The fourth-order valence-electron chi connectivity index (χ4n) is 3.12. The Balaban J connectivity index is 1.52. The van der Waals surface area contributed by atoms with E-state index in [9.17, 15) is 13.2 Å². The summed E-state index contributed by atoms with van der Waals surface area (Å²) in [5.41, 5.74) is 1.94. The molecule has 0 radical (unpaired) electrons. The van der Waals surface area contributed by atoms with Gasteiger partial charge in [0, 0.05) is 5.69 Å². The van der Waals surface area contributed by atoms with Gasteiger partial charge in [-0.05, 0) is 29.8 Å². The lowest BCUT2D eigenvalue weighted by Crippen LogP contribution is -2.48. The Morgan fingerprint density at radius 2 is 2.07 bits per heavy atom. The lowest BCUT2D eigenvalue weighted by molar-refractivity contribution is -0.122. The number of sulfonamides is 1. The first kappa shape index (κ1) is 18.9. The summed E-state index contributed by atoms with van der Waals surface area (Å²) in [6.07, 6.45) is 3.20. The molecule has 3 aromatic rings. The molecular weight excluding hydrogens is 394 g/mol. The zero-order valence-electron chi connectivity index (χ0n) is 15.6. The van der Waals surface area contributed by atoms with Crippen molar-refractivity contribution in [3.05, 3.63) is 66.7 Å². The summed E-state index contributed by atoms with van der Waals surface area (Å²) in [6.45, 7) is 0.416. The molecular formula is C19H19N5O4S. The van der Waals surface area contributed by atoms with Crippen LogP contribution in [0, 0.1) is 0 Å². The van der Waals surface area contributed by atoms with Crippen molar-refractivity contribution >= 4 is 27.3 Å². The monoisotopic (exact) mass is 413 g/mol. The van der Waals surface area contributed by atoms with E-state index in [1.165, 1.54) is 10.6 Å². The molecule has 10 heteroatoms. The van der Waals surface area contributed by atoms with Crippen molar-refractivity contribution in [3.63, 3.8) is 0 Å². The summed E-state index contributed by atoms with van der Waals surface area (Å²) in [4.78, 5) is 16.7. The predicted octanol–water partition coefficient (Wildman–Crippen LogP) is 1.49. The molecule has 9 nitrogen and oxygen atoms in total. The molecule has 1 aromatic heterocycles. The number of amides is 1. The van der Waals surface area contributed by atoms with Crippen LogP contribution in [-0.2, 0) is 21.4 Å². The highest BCUT2D eigenvalue weighted by Crippen LogP contribution is 2.34. The van der Waals surface area contributed by atoms with E-state index >= 15 is 0 Å². The summed E-state index contributed by atoms with van der Waals surface area (Å²) >= 11 is 0. The molecule has 0 aliphatic carbocycles. The van der Waals surface area contributed by atoms with E-state index in [0.717, 1.165) is 11.8 Å². The van der Waals surface area contributed by atoms with E-state index in [1.54, 1.807) is 41.3 Å². The Labute approximate surface area is 168 Å². The van der Waals surface area contributed by atoms with Crippen molar-refractivity contribution in [1.82, 2.24) is 14.8 Å². The molecule has 1 aliphatic heterocycles. The summed E-state index contributed by atoms with van der Waals surface area (Å²) in [5.74, 6) is -0.0738. The van der Waals surface area contributed by atoms with Crippen LogP contribution in [0.25, 0.3) is 0 Å². The average molecular weight is 413 g/mol. The molecule has 1 unspecified atom stereocenters. The molecule has 4 rings (SSSR count). The van der Waals surface area contributed by atoms with Crippen LogP contribution in [0.2, 0.25) is 0 Å². The van der Waals surface area contributed by atoms with Crippen molar-refractivity contribution in [3.8, 4) is 5.75 Å². The number of carbonyl (C=O) groups is 1. The Hall–Kier alpha value is -3.40. The summed E-state index contributed by atoms with van der Waals surface area (Å²) in [5, 5.41) is 6.87. The molecule has 1 aliphatic rings. The van der Waals surface area contributed by atoms with E-state index in [2.05, 4.69) is 15.4 Å². The van der Waals surface area contributed by atoms with Crippen LogP contribution in [0.4, 0.5) is 11.4 Å². The van der Waals surface area contributed by atoms with Gasteiger partial charge < -0.3 is 10.1 Å². The maximum atomic E-state index is 12.8. The minimum Gasteiger partial charge on any atom is -0.476 e. The lowest BCUT2D eigenvalue weighted by atomic mass is 10.2. The Bertz CT molecular complexity index is 1130. The number of benzene rings is 2. The number of fused-ring (bicyclic) bond motifs is 1. The molecule has 1 N–H and O–H groups in total. The SMILES string of the molecule is CS(=O)(=O)N1CC(C(=O)Nc2cccc(Cn3cncn3)c2)Oc2ccccc21. The number of aromatic nitrogens is 3. The maximum absolute atomic E-state index is 12.8. The molecule has 0 spiro atoms. The van der Waals surface area contributed by atoms with Crippen LogP contribution >= 0.6 is 0 Å². The normalized spacial score (nSPS) is 16.0. The fourth-order valence-corrected chi connectivity index (χ4v) is 4.04. The number of hydrogen-bond acceptors (Lipinski definition) is 6. The van der Waals surface area contributed by atoms with Crippen LogP contribution in [0.3, 0.4) is 0 Å². The van der Waals surface area contributed by atoms with Crippen LogP contribution in [0.15, 0.2) is 61.2 Å². The quantitative estimate of drug-likeness (QED) is 0.679. The average Bonchev–Trinajstić information content (AvgIpc) is 3.19. The molecule has 1 atom stereocenters. The largest absolute Gasteiger partial charge is 0.476 e. The highest BCUT2D eigenvalue weighted by molar-refractivity contribution is 7.92. The lowest BCUT2D eigenvalue weighted by Gasteiger charge is -2.33. The Morgan fingerprint density at radius 3 is 2.83 bits per heavy atom. The first-order valence-electron chi connectivity index (χ1n) is 8.86. The van der Waals surface area contributed by atoms with E-state index in [0.29, 0.717) is 23.7 Å². The number of nitrogens with zero attached hydrogens (tertiary/aromatic N) is 4. The molecule has 2 aromatic carbocycles. The molecule has 150 valence electrons. The van der Waals surface area contributed by atoms with Gasteiger partial charge in [-0.2, -0.15) is 5.10 Å². The number of carbonyl (C=O) groups excluding carboxylic acids is 1. The first-order chi connectivity index (χ1) is 13.9. The molecule has 0 saturated heterocycles. The molecule has 0 bridgehead atoms. The van der Waals surface area contributed by atoms with Crippen molar-refractivity contribution in [1.29, 1.82) is 0 Å². The van der Waals surface area contributed by atoms with E-state index < -0.39 is 22.0 Å². The van der Waals surface area contributed by atoms with Gasteiger partial charge in [0.1, 0.15) is 18.4 Å². The van der Waals surface area contributed by atoms with Gasteiger partial charge >= 0.3 is 0 Å². The summed E-state index contributed by atoms with van der Waals surface area (Å²) in [6, 6.07) is 14.1. The zero-order valence-corrected chi connectivity index (χ0v) is 16.4. The minimum absolute atomic E-state index is 0.0969. The second kappa shape index (κ2) is 7.55. The van der Waals surface area contributed by atoms with Gasteiger partial charge in [0.25, 0.3) is 5.91 Å². The standard InChI is InChI=1S/C19H19N5O4S/c1-29(26,27)24-11-18(28-17-8-3-2-7-16(17)24)19(25)22-15-6-4-5-14(9-15)10-23-13-20-12-21-23/h2-9,12-13,18H,10-11H2,1H3,(H,22,25). The van der Waals surface area contributed by atoms with Crippen LogP contribution < -0.4 is 14.4 Å². The van der Waals surface area contributed by atoms with Gasteiger partial charge in [-0.25, -0.2) is 18.1 Å². The van der Waals surface area contributed by atoms with E-state index in [4.69, 9.17) is 4.74 Å².